The topological polar surface area (TPSA) is 63.5 Å². The summed E-state index contributed by atoms with van der Waals surface area (Å²) >= 11 is 2.00. The number of aliphatic hydroxyl groups is 1. The summed E-state index contributed by atoms with van der Waals surface area (Å²) in [6.45, 7) is 1.93. The molecule has 3 aromatic rings. The lowest BCUT2D eigenvalue weighted by Crippen LogP contribution is -2.19. The predicted octanol–water partition coefficient (Wildman–Crippen LogP) is 5.03. The summed E-state index contributed by atoms with van der Waals surface area (Å²) in [7, 11) is 0. The molecular formula is C22H21F2IN2O3. The Morgan fingerprint density at radius 2 is 2.00 bits per heavy atom. The molecular weight excluding hydrogens is 505 g/mol. The molecule has 0 radical (unpaired) electrons. The lowest BCUT2D eigenvalue weighted by molar-refractivity contribution is 0.231. The van der Waals surface area contributed by atoms with Crippen LogP contribution in [0.2, 0.25) is 0 Å². The molecule has 1 aromatic heterocycles. The first-order valence-electron chi connectivity index (χ1n) is 9.74. The van der Waals surface area contributed by atoms with Crippen LogP contribution in [-0.2, 0) is 0 Å². The Morgan fingerprint density at radius 3 is 2.67 bits per heavy atom. The van der Waals surface area contributed by atoms with Crippen LogP contribution in [0.25, 0.3) is 10.9 Å². The van der Waals surface area contributed by atoms with E-state index in [2.05, 4.69) is 5.32 Å². The van der Waals surface area contributed by atoms with Gasteiger partial charge in [0.25, 0.3) is 0 Å². The lowest BCUT2D eigenvalue weighted by Gasteiger charge is -2.20. The van der Waals surface area contributed by atoms with Crippen molar-refractivity contribution in [1.82, 2.24) is 4.57 Å². The highest BCUT2D eigenvalue weighted by molar-refractivity contribution is 14.1. The van der Waals surface area contributed by atoms with Crippen LogP contribution < -0.4 is 15.5 Å². The molecule has 1 aliphatic carbocycles. The molecule has 5 nitrogen and oxygen atoms in total. The van der Waals surface area contributed by atoms with Gasteiger partial charge in [-0.1, -0.05) is 0 Å². The molecule has 0 bridgehead atoms. The van der Waals surface area contributed by atoms with Crippen molar-refractivity contribution >= 4 is 44.9 Å². The van der Waals surface area contributed by atoms with E-state index in [9.17, 15) is 13.6 Å². The van der Waals surface area contributed by atoms with E-state index < -0.39 is 11.6 Å². The molecule has 30 heavy (non-hydrogen) atoms. The Labute approximate surface area is 185 Å². The van der Waals surface area contributed by atoms with Crippen molar-refractivity contribution in [3.05, 3.63) is 61.5 Å². The first-order chi connectivity index (χ1) is 14.4. The summed E-state index contributed by atoms with van der Waals surface area (Å²) in [6.07, 6.45) is 2.25. The van der Waals surface area contributed by atoms with Gasteiger partial charge >= 0.3 is 0 Å². The maximum Gasteiger partial charge on any atom is 0.233 e. The number of aromatic nitrogens is 1. The molecule has 2 aromatic carbocycles. The zero-order chi connectivity index (χ0) is 21.4. The van der Waals surface area contributed by atoms with E-state index in [0.29, 0.717) is 17.6 Å². The van der Waals surface area contributed by atoms with Gasteiger partial charge in [-0.2, -0.15) is 0 Å². The Bertz CT molecular complexity index is 1180. The minimum atomic E-state index is -0.516. The van der Waals surface area contributed by atoms with Gasteiger partial charge in [-0.15, -0.1) is 0 Å². The number of halogens is 3. The largest absolute Gasteiger partial charge is 0.488 e. The third-order valence-corrected chi connectivity index (χ3v) is 5.80. The van der Waals surface area contributed by atoms with Gasteiger partial charge in [-0.3, -0.25) is 4.79 Å². The van der Waals surface area contributed by atoms with Crippen LogP contribution in [0.5, 0.6) is 5.75 Å². The maximum atomic E-state index is 14.5. The Kier molecular flexibility index (Phi) is 5.97. The monoisotopic (exact) mass is 526 g/mol. The fourth-order valence-corrected chi connectivity index (χ4v) is 4.09. The highest BCUT2D eigenvalue weighted by Crippen LogP contribution is 2.41. The Balaban J connectivity index is 1.93. The number of benzene rings is 2. The van der Waals surface area contributed by atoms with Crippen molar-refractivity contribution in [3.8, 4) is 5.75 Å². The minimum Gasteiger partial charge on any atom is -0.488 e. The minimum absolute atomic E-state index is 0.0481. The van der Waals surface area contributed by atoms with Crippen LogP contribution in [0.15, 0.2) is 35.1 Å². The lowest BCUT2D eigenvalue weighted by atomic mass is 10.1. The fraction of sp³-hybridized carbons (Fsp3) is 0.318. The number of aliphatic hydroxyl groups excluding tert-OH is 1. The van der Waals surface area contributed by atoms with E-state index in [4.69, 9.17) is 9.84 Å². The SMILES string of the molecule is Cc1c(OCCCO)c(=O)c2c(Nc3ccc(I)cc3F)cc(F)cc2n1C1CC1. The van der Waals surface area contributed by atoms with Crippen LogP contribution >= 0.6 is 22.6 Å². The van der Waals surface area contributed by atoms with Crippen LogP contribution in [0.4, 0.5) is 20.2 Å². The number of anilines is 2. The van der Waals surface area contributed by atoms with E-state index in [1.54, 1.807) is 19.1 Å². The van der Waals surface area contributed by atoms with Gasteiger partial charge in [0.2, 0.25) is 5.43 Å². The van der Waals surface area contributed by atoms with Gasteiger partial charge in [0.15, 0.2) is 5.75 Å². The van der Waals surface area contributed by atoms with E-state index in [1.807, 2.05) is 27.2 Å². The number of nitrogens with one attached hydrogen (secondary N) is 1. The summed E-state index contributed by atoms with van der Waals surface area (Å²) in [6, 6.07) is 7.35. The number of hydrogen-bond donors (Lipinski definition) is 2. The smallest absolute Gasteiger partial charge is 0.233 e. The van der Waals surface area contributed by atoms with Crippen LogP contribution in [0.1, 0.15) is 31.0 Å². The quantitative estimate of drug-likeness (QED) is 0.335. The maximum absolute atomic E-state index is 14.5. The van der Waals surface area contributed by atoms with Crippen molar-refractivity contribution in [1.29, 1.82) is 0 Å². The first kappa shape index (κ1) is 21.0. The Morgan fingerprint density at radius 1 is 1.23 bits per heavy atom. The normalized spacial score (nSPS) is 13.6. The van der Waals surface area contributed by atoms with Gasteiger partial charge in [0, 0.05) is 22.6 Å². The zero-order valence-electron chi connectivity index (χ0n) is 16.3. The van der Waals surface area contributed by atoms with Crippen molar-refractivity contribution in [3.63, 3.8) is 0 Å². The summed E-state index contributed by atoms with van der Waals surface area (Å²) in [5.41, 5.74) is 1.05. The standard InChI is InChI=1S/C22H21F2IN2O3/c1-12-22(30-8-2-7-28)21(29)20-18(26-17-6-3-14(25)11-16(17)24)9-13(23)10-19(20)27(12)15-4-5-15/h3,6,9-11,15,26,28H,2,4-5,7-8H2,1H3. The number of pyridine rings is 1. The van der Waals surface area contributed by atoms with Gasteiger partial charge in [0.05, 0.1) is 34.6 Å². The molecule has 0 saturated heterocycles. The molecule has 0 aliphatic heterocycles. The van der Waals surface area contributed by atoms with Gasteiger partial charge < -0.3 is 19.7 Å². The summed E-state index contributed by atoms with van der Waals surface area (Å²) in [5, 5.41) is 12.2. The average Bonchev–Trinajstić information content (AvgIpc) is 3.51. The second-order valence-corrected chi connectivity index (χ2v) is 8.61. The average molecular weight is 526 g/mol. The number of nitrogens with zero attached hydrogens (tertiary/aromatic N) is 1. The van der Waals surface area contributed by atoms with E-state index in [-0.39, 0.29) is 47.2 Å². The predicted molar refractivity (Wildman–Crippen MR) is 121 cm³/mol. The molecule has 0 unspecified atom stereocenters. The fourth-order valence-electron chi connectivity index (χ4n) is 3.64. The van der Waals surface area contributed by atoms with Crippen molar-refractivity contribution in [2.24, 2.45) is 0 Å². The molecule has 0 atom stereocenters. The highest BCUT2D eigenvalue weighted by Gasteiger charge is 2.29. The molecule has 1 aliphatic rings. The van der Waals surface area contributed by atoms with Gasteiger partial charge in [-0.05, 0) is 72.7 Å². The highest BCUT2D eigenvalue weighted by atomic mass is 127. The third-order valence-electron chi connectivity index (χ3n) is 5.13. The second kappa shape index (κ2) is 8.50. The van der Waals surface area contributed by atoms with Crippen LogP contribution in [0, 0.1) is 22.1 Å². The van der Waals surface area contributed by atoms with Gasteiger partial charge in [0.1, 0.15) is 11.6 Å². The molecule has 1 heterocycles. The van der Waals surface area contributed by atoms with Gasteiger partial charge in [-0.25, -0.2) is 8.78 Å². The molecule has 158 valence electrons. The summed E-state index contributed by atoms with van der Waals surface area (Å²) in [5.74, 6) is -0.827. The summed E-state index contributed by atoms with van der Waals surface area (Å²) in [4.78, 5) is 13.3. The van der Waals surface area contributed by atoms with Crippen molar-refractivity contribution in [2.75, 3.05) is 18.5 Å². The first-order valence-corrected chi connectivity index (χ1v) is 10.8. The number of hydrogen-bond acceptors (Lipinski definition) is 4. The Hall–Kier alpha value is -2.20. The van der Waals surface area contributed by atoms with E-state index >= 15 is 0 Å². The molecule has 0 spiro atoms. The molecule has 2 N–H and O–H groups in total. The molecule has 4 rings (SSSR count). The molecule has 0 amide bonds. The second-order valence-electron chi connectivity index (χ2n) is 7.37. The number of fused-ring (bicyclic) bond motifs is 1. The van der Waals surface area contributed by atoms with Crippen molar-refractivity contribution in [2.45, 2.75) is 32.2 Å². The van der Waals surface area contributed by atoms with E-state index in [0.717, 1.165) is 16.4 Å². The molecule has 8 heteroatoms. The van der Waals surface area contributed by atoms with Crippen LogP contribution in [-0.4, -0.2) is 22.9 Å². The summed E-state index contributed by atoms with van der Waals surface area (Å²) < 4.78 is 37.3. The molecule has 1 fully saturated rings. The van der Waals surface area contributed by atoms with Crippen LogP contribution in [0.3, 0.4) is 0 Å². The number of rotatable bonds is 7. The number of ether oxygens (including phenoxy) is 1. The third kappa shape index (κ3) is 4.02. The molecule has 1 saturated carbocycles. The van der Waals surface area contributed by atoms with Crippen molar-refractivity contribution < 1.29 is 18.6 Å². The zero-order valence-corrected chi connectivity index (χ0v) is 18.5. The van der Waals surface area contributed by atoms with E-state index in [1.165, 1.54) is 18.2 Å².